The lowest BCUT2D eigenvalue weighted by molar-refractivity contribution is -0.156. The van der Waals surface area contributed by atoms with E-state index in [1.165, 1.54) is 31.8 Å². The first-order chi connectivity index (χ1) is 20.1. The number of hydrogen-bond acceptors (Lipinski definition) is 8. The van der Waals surface area contributed by atoms with Gasteiger partial charge in [0.05, 0.1) is 25.1 Å². The van der Waals surface area contributed by atoms with Crippen LogP contribution >= 0.6 is 0 Å². The summed E-state index contributed by atoms with van der Waals surface area (Å²) in [4.78, 5) is 41.9. The molecule has 0 bridgehead atoms. The number of halogens is 3. The number of amides is 1. The minimum atomic E-state index is -4.64. The van der Waals surface area contributed by atoms with Gasteiger partial charge < -0.3 is 14.5 Å². The molecule has 0 N–H and O–H groups in total. The van der Waals surface area contributed by atoms with Gasteiger partial charge in [0.25, 0.3) is 0 Å². The molecule has 238 valence electrons. The Kier molecular flexibility index (Phi) is 13.1. The molecule has 1 fully saturated rings. The average Bonchev–Trinajstić information content (AvgIpc) is 2.96. The fourth-order valence-electron chi connectivity index (χ4n) is 4.82. The number of pyridine rings is 1. The van der Waals surface area contributed by atoms with E-state index in [0.29, 0.717) is 29.2 Å². The Morgan fingerprint density at radius 3 is 2.09 bits per heavy atom. The van der Waals surface area contributed by atoms with E-state index < -0.39 is 28.4 Å². The Balaban J connectivity index is 0.000000973. The van der Waals surface area contributed by atoms with Gasteiger partial charge in [-0.15, -0.1) is 0 Å². The quantitative estimate of drug-likeness (QED) is 0.345. The van der Waals surface area contributed by atoms with Crippen LogP contribution in [0.15, 0.2) is 41.6 Å². The highest BCUT2D eigenvalue weighted by Crippen LogP contribution is 2.28. The molecule has 1 amide bonds. The number of aryl methyl sites for hydroxylation is 2. The zero-order valence-electron chi connectivity index (χ0n) is 25.1. The van der Waals surface area contributed by atoms with E-state index in [4.69, 9.17) is 9.53 Å². The topological polar surface area (TPSA) is 117 Å². The number of methoxy groups -OCH3 is 1. The predicted octanol–water partition coefficient (Wildman–Crippen LogP) is 3.80. The summed E-state index contributed by atoms with van der Waals surface area (Å²) >= 11 is 0. The van der Waals surface area contributed by atoms with Gasteiger partial charge in [-0.1, -0.05) is 0 Å². The number of nitrogens with zero attached hydrogens (tertiary/aromatic N) is 4. The number of ether oxygens (including phenoxy) is 1. The molecule has 1 aliphatic rings. The number of benzene rings is 1. The Morgan fingerprint density at radius 2 is 1.60 bits per heavy atom. The number of Topliss-reactive ketones (excluding diaryl/α,β-unsaturated/α-hetero) is 1. The summed E-state index contributed by atoms with van der Waals surface area (Å²) in [5.41, 5.74) is 2.27. The second-order valence-electron chi connectivity index (χ2n) is 10.5. The number of hydrogen-bond donors (Lipinski definition) is 0. The van der Waals surface area contributed by atoms with Crippen molar-refractivity contribution in [2.45, 2.75) is 50.6 Å². The fourth-order valence-corrected chi connectivity index (χ4v) is 6.34. The molecule has 0 aliphatic carbocycles. The monoisotopic (exact) mass is 628 g/mol. The van der Waals surface area contributed by atoms with E-state index in [9.17, 15) is 31.2 Å². The third-order valence-electron chi connectivity index (χ3n) is 7.14. The molecule has 0 spiro atoms. The van der Waals surface area contributed by atoms with Crippen molar-refractivity contribution in [1.29, 1.82) is 0 Å². The van der Waals surface area contributed by atoms with Crippen molar-refractivity contribution in [3.8, 4) is 5.75 Å². The lowest BCUT2D eigenvalue weighted by atomic mass is 9.91. The van der Waals surface area contributed by atoms with E-state index >= 15 is 0 Å². The van der Waals surface area contributed by atoms with E-state index in [-0.39, 0.29) is 23.8 Å². The zero-order chi connectivity index (χ0) is 32.4. The molecule has 3 rings (SSSR count). The lowest BCUT2D eigenvalue weighted by Gasteiger charge is -2.33. The first-order valence-corrected chi connectivity index (χ1v) is 15.1. The van der Waals surface area contributed by atoms with Gasteiger partial charge in [-0.2, -0.15) is 17.5 Å². The number of rotatable bonds is 11. The Morgan fingerprint density at radius 1 is 1.07 bits per heavy atom. The minimum absolute atomic E-state index is 0.0141. The van der Waals surface area contributed by atoms with Crippen molar-refractivity contribution >= 4 is 33.7 Å². The maximum Gasteiger partial charge on any atom is 0.446 e. The normalized spacial score (nSPS) is 14.1. The molecule has 0 radical (unpaired) electrons. The molecular weight excluding hydrogens is 589 g/mol. The molecule has 1 aromatic carbocycles. The zero-order valence-corrected chi connectivity index (χ0v) is 25.9. The van der Waals surface area contributed by atoms with Gasteiger partial charge in [0, 0.05) is 51.7 Å². The van der Waals surface area contributed by atoms with E-state index in [0.717, 1.165) is 36.7 Å². The third kappa shape index (κ3) is 10.9. The summed E-state index contributed by atoms with van der Waals surface area (Å²) in [6.45, 7) is 4.94. The van der Waals surface area contributed by atoms with Crippen LogP contribution in [0.4, 0.5) is 18.9 Å². The number of sulfonamides is 1. The summed E-state index contributed by atoms with van der Waals surface area (Å²) < 4.78 is 63.9. The van der Waals surface area contributed by atoms with Gasteiger partial charge in [0.2, 0.25) is 22.2 Å². The number of carbonyl (C=O) groups is 3. The number of anilines is 1. The number of ketones is 1. The van der Waals surface area contributed by atoms with Crippen LogP contribution in [0.2, 0.25) is 0 Å². The van der Waals surface area contributed by atoms with Crippen molar-refractivity contribution in [1.82, 2.24) is 14.2 Å². The van der Waals surface area contributed by atoms with Crippen LogP contribution in [0.5, 0.6) is 5.75 Å². The summed E-state index contributed by atoms with van der Waals surface area (Å²) in [6.07, 6.45) is 1.16. The Bertz CT molecular complexity index is 1320. The van der Waals surface area contributed by atoms with Gasteiger partial charge >= 0.3 is 6.18 Å². The maximum absolute atomic E-state index is 13.2. The van der Waals surface area contributed by atoms with Crippen LogP contribution < -0.4 is 9.64 Å². The summed E-state index contributed by atoms with van der Waals surface area (Å²) in [7, 11) is 0.550. The molecule has 14 heteroatoms. The highest BCUT2D eigenvalue weighted by atomic mass is 32.2. The molecule has 1 aromatic heterocycles. The molecule has 0 unspecified atom stereocenters. The number of likely N-dealkylation sites (N-methyl/N-ethyl adjacent to an activating group) is 2. The number of alkyl halides is 3. The molecule has 0 saturated carbocycles. The van der Waals surface area contributed by atoms with Gasteiger partial charge in [0.1, 0.15) is 5.75 Å². The molecule has 43 heavy (non-hydrogen) atoms. The van der Waals surface area contributed by atoms with Crippen LogP contribution in [0.25, 0.3) is 0 Å². The van der Waals surface area contributed by atoms with Crippen LogP contribution in [0.3, 0.4) is 0 Å². The van der Waals surface area contributed by atoms with Gasteiger partial charge in [-0.25, -0.2) is 8.42 Å². The summed E-state index contributed by atoms with van der Waals surface area (Å²) in [6, 6.07) is 7.34. The SMILES string of the molecule is COc1cc(C)c(S(=O)(=O)N(C)CC(=O)N(C)CC(=O)CCC2CCN(c3ccncc3)CC2)c(C)c1.O=CC(F)(F)F. The van der Waals surface area contributed by atoms with Crippen LogP contribution in [0.1, 0.15) is 36.8 Å². The van der Waals surface area contributed by atoms with Gasteiger partial charge in [-0.3, -0.25) is 19.4 Å². The molecule has 10 nitrogen and oxygen atoms in total. The van der Waals surface area contributed by atoms with Crippen molar-refractivity contribution in [3.63, 3.8) is 0 Å². The highest BCUT2D eigenvalue weighted by molar-refractivity contribution is 7.89. The summed E-state index contributed by atoms with van der Waals surface area (Å²) in [5, 5.41) is 0. The number of aldehydes is 1. The first-order valence-electron chi connectivity index (χ1n) is 13.6. The molecule has 0 atom stereocenters. The summed E-state index contributed by atoms with van der Waals surface area (Å²) in [5.74, 6) is 0.620. The minimum Gasteiger partial charge on any atom is -0.497 e. The number of piperidine rings is 1. The largest absolute Gasteiger partial charge is 0.497 e. The number of carbonyl (C=O) groups excluding carboxylic acids is 3. The van der Waals surface area contributed by atoms with Crippen molar-refractivity contribution in [3.05, 3.63) is 47.8 Å². The van der Waals surface area contributed by atoms with E-state index in [1.807, 2.05) is 12.1 Å². The average molecular weight is 629 g/mol. The fraction of sp³-hybridized carbons (Fsp3) is 0.517. The standard InChI is InChI=1S/C27H38N4O5S.C2HF3O/c1-20-16-25(36-5)17-21(2)27(20)37(34,35)30(4)19-26(33)29(3)18-24(32)7-6-22-10-14-31(15-11-22)23-8-12-28-13-9-23;3-2(4,5)1-6/h8-9,12-13,16-17,22H,6-7,10-11,14-15,18-19H2,1-5H3;1H. The van der Waals surface area contributed by atoms with E-state index in [1.54, 1.807) is 38.4 Å². The van der Waals surface area contributed by atoms with Gasteiger partial charge in [-0.05, 0) is 74.4 Å². The lowest BCUT2D eigenvalue weighted by Crippen LogP contribution is -2.41. The van der Waals surface area contributed by atoms with Gasteiger partial charge in [0.15, 0.2) is 5.78 Å². The smallest absolute Gasteiger partial charge is 0.446 e. The molecule has 1 saturated heterocycles. The maximum atomic E-state index is 13.2. The van der Waals surface area contributed by atoms with Crippen molar-refractivity contribution in [2.24, 2.45) is 5.92 Å². The molecule has 2 aromatic rings. The Labute approximate surface area is 250 Å². The van der Waals surface area contributed by atoms with Crippen LogP contribution in [0, 0.1) is 19.8 Å². The van der Waals surface area contributed by atoms with Crippen LogP contribution in [-0.4, -0.2) is 94.1 Å². The number of aromatic nitrogens is 1. The third-order valence-corrected chi connectivity index (χ3v) is 9.25. The molecule has 1 aliphatic heterocycles. The van der Waals surface area contributed by atoms with Crippen LogP contribution in [-0.2, 0) is 24.4 Å². The first kappa shape index (κ1) is 35.7. The Hall–Kier alpha value is -3.52. The second-order valence-corrected chi connectivity index (χ2v) is 12.5. The molecular formula is C29H39F3N4O6S. The second kappa shape index (κ2) is 15.8. The van der Waals surface area contributed by atoms with E-state index in [2.05, 4.69) is 9.88 Å². The predicted molar refractivity (Wildman–Crippen MR) is 155 cm³/mol. The van der Waals surface area contributed by atoms with Crippen molar-refractivity contribution < 1.29 is 40.7 Å². The molecule has 2 heterocycles. The highest BCUT2D eigenvalue weighted by Gasteiger charge is 2.29. The van der Waals surface area contributed by atoms with Crippen molar-refractivity contribution in [2.75, 3.05) is 52.3 Å².